The van der Waals surface area contributed by atoms with Crippen molar-refractivity contribution >= 4 is 40.6 Å². The molecule has 0 bridgehead atoms. The van der Waals surface area contributed by atoms with Crippen molar-refractivity contribution in [3.63, 3.8) is 0 Å². The summed E-state index contributed by atoms with van der Waals surface area (Å²) in [6.07, 6.45) is 1.54. The van der Waals surface area contributed by atoms with E-state index < -0.39 is 17.1 Å². The number of carbonyl (C=O) groups is 3. The number of aromatic hydroxyl groups is 1. The molecule has 2 aromatic rings. The van der Waals surface area contributed by atoms with Gasteiger partial charge in [0.1, 0.15) is 6.54 Å². The molecular formula is C22H22N2O5S. The number of anilines is 1. The highest BCUT2D eigenvalue weighted by molar-refractivity contribution is 8.18. The second-order valence-electron chi connectivity index (χ2n) is 6.72. The number of hydrogen-bond donors (Lipinski definition) is 2. The molecule has 1 saturated heterocycles. The van der Waals surface area contributed by atoms with Crippen LogP contribution in [0.25, 0.3) is 6.08 Å². The van der Waals surface area contributed by atoms with Crippen molar-refractivity contribution in [2.24, 2.45) is 0 Å². The largest absolute Gasteiger partial charge is 0.504 e. The van der Waals surface area contributed by atoms with Crippen LogP contribution in [-0.2, 0) is 9.59 Å². The molecule has 1 fully saturated rings. The summed E-state index contributed by atoms with van der Waals surface area (Å²) in [5, 5.41) is 12.0. The molecule has 0 atom stereocenters. The number of aryl methyl sites for hydroxylation is 1. The number of hydrogen-bond acceptors (Lipinski definition) is 6. The number of carbonyl (C=O) groups excluding carboxylic acids is 3. The first kappa shape index (κ1) is 21.4. The molecule has 3 rings (SSSR count). The van der Waals surface area contributed by atoms with Gasteiger partial charge in [0.2, 0.25) is 5.91 Å². The van der Waals surface area contributed by atoms with Crippen LogP contribution < -0.4 is 10.1 Å². The summed E-state index contributed by atoms with van der Waals surface area (Å²) < 4.78 is 5.34. The lowest BCUT2D eigenvalue weighted by Gasteiger charge is -2.14. The van der Waals surface area contributed by atoms with E-state index in [-0.39, 0.29) is 17.2 Å². The van der Waals surface area contributed by atoms with E-state index in [0.717, 1.165) is 27.8 Å². The van der Waals surface area contributed by atoms with Gasteiger partial charge in [0.15, 0.2) is 11.5 Å². The molecular weight excluding hydrogens is 404 g/mol. The maximum atomic E-state index is 12.7. The van der Waals surface area contributed by atoms with Crippen molar-refractivity contribution in [1.29, 1.82) is 0 Å². The van der Waals surface area contributed by atoms with Crippen molar-refractivity contribution < 1.29 is 24.2 Å². The number of rotatable bonds is 6. The quantitative estimate of drug-likeness (QED) is 0.676. The SMILES string of the molecule is CCOc1cc(/C=C2/SC(=O)N(CC(=O)Nc3cccc(C)c3C)C2=O)ccc1O. The maximum absolute atomic E-state index is 12.7. The average molecular weight is 426 g/mol. The first-order chi connectivity index (χ1) is 14.3. The number of thioether (sulfide) groups is 1. The predicted octanol–water partition coefficient (Wildman–Crippen LogP) is 4.08. The van der Waals surface area contributed by atoms with Gasteiger partial charge in [-0.2, -0.15) is 0 Å². The molecule has 156 valence electrons. The topological polar surface area (TPSA) is 95.9 Å². The smallest absolute Gasteiger partial charge is 0.294 e. The first-order valence-corrected chi connectivity index (χ1v) is 10.2. The summed E-state index contributed by atoms with van der Waals surface area (Å²) in [4.78, 5) is 38.5. The number of phenols is 1. The Hall–Kier alpha value is -3.26. The van der Waals surface area contributed by atoms with Crippen LogP contribution in [-0.4, -0.2) is 40.2 Å². The predicted molar refractivity (Wildman–Crippen MR) is 116 cm³/mol. The van der Waals surface area contributed by atoms with Crippen molar-refractivity contribution in [2.75, 3.05) is 18.5 Å². The minimum Gasteiger partial charge on any atom is -0.504 e. The van der Waals surface area contributed by atoms with E-state index in [1.54, 1.807) is 25.1 Å². The maximum Gasteiger partial charge on any atom is 0.294 e. The van der Waals surface area contributed by atoms with Gasteiger partial charge >= 0.3 is 0 Å². The van der Waals surface area contributed by atoms with Crippen LogP contribution in [0.3, 0.4) is 0 Å². The fourth-order valence-electron chi connectivity index (χ4n) is 2.90. The van der Waals surface area contributed by atoms with Gasteiger partial charge in [-0.1, -0.05) is 18.2 Å². The molecule has 0 aliphatic carbocycles. The molecule has 0 spiro atoms. The Morgan fingerprint density at radius 2 is 2.00 bits per heavy atom. The molecule has 1 aliphatic rings. The molecule has 2 aromatic carbocycles. The van der Waals surface area contributed by atoms with Crippen LogP contribution in [0.15, 0.2) is 41.3 Å². The van der Waals surface area contributed by atoms with Crippen molar-refractivity contribution in [3.8, 4) is 11.5 Å². The van der Waals surface area contributed by atoms with Gasteiger partial charge in [-0.05, 0) is 73.5 Å². The van der Waals surface area contributed by atoms with Crippen molar-refractivity contribution in [2.45, 2.75) is 20.8 Å². The highest BCUT2D eigenvalue weighted by atomic mass is 32.2. The van der Waals surface area contributed by atoms with E-state index in [2.05, 4.69) is 5.32 Å². The Kier molecular flexibility index (Phi) is 6.47. The molecule has 8 heteroatoms. The highest BCUT2D eigenvalue weighted by Crippen LogP contribution is 2.34. The average Bonchev–Trinajstić information content (AvgIpc) is 2.95. The summed E-state index contributed by atoms with van der Waals surface area (Å²) in [7, 11) is 0. The van der Waals surface area contributed by atoms with E-state index in [1.165, 1.54) is 12.1 Å². The minimum absolute atomic E-state index is 0.00906. The normalized spacial score (nSPS) is 15.0. The number of imide groups is 1. The van der Waals surface area contributed by atoms with Crippen LogP contribution in [0.2, 0.25) is 0 Å². The summed E-state index contributed by atoms with van der Waals surface area (Å²) in [6.45, 7) is 5.63. The lowest BCUT2D eigenvalue weighted by atomic mass is 10.1. The minimum atomic E-state index is -0.535. The van der Waals surface area contributed by atoms with E-state index in [0.29, 0.717) is 23.6 Å². The molecule has 1 aliphatic heterocycles. The Morgan fingerprint density at radius 1 is 1.23 bits per heavy atom. The second kappa shape index (κ2) is 9.04. The number of benzene rings is 2. The zero-order valence-corrected chi connectivity index (χ0v) is 17.7. The molecule has 0 aromatic heterocycles. The second-order valence-corrected chi connectivity index (χ2v) is 7.72. The zero-order chi connectivity index (χ0) is 21.8. The third kappa shape index (κ3) is 4.65. The molecule has 7 nitrogen and oxygen atoms in total. The van der Waals surface area contributed by atoms with Crippen LogP contribution in [0, 0.1) is 13.8 Å². The summed E-state index contributed by atoms with van der Waals surface area (Å²) in [6, 6.07) is 10.2. The summed E-state index contributed by atoms with van der Waals surface area (Å²) >= 11 is 0.769. The fraction of sp³-hybridized carbons (Fsp3) is 0.227. The third-order valence-corrected chi connectivity index (χ3v) is 5.54. The molecule has 3 amide bonds. The first-order valence-electron chi connectivity index (χ1n) is 9.37. The number of ether oxygens (including phenoxy) is 1. The Bertz CT molecular complexity index is 1050. The Labute approximate surface area is 178 Å². The standard InChI is InChI=1S/C22H22N2O5S/c1-4-29-18-10-15(8-9-17(18)25)11-19-21(27)24(22(28)30-19)12-20(26)23-16-7-5-6-13(2)14(16)3/h5-11,25H,4,12H2,1-3H3,(H,23,26)/b19-11+. The van der Waals surface area contributed by atoms with E-state index in [1.807, 2.05) is 26.0 Å². The third-order valence-electron chi connectivity index (χ3n) is 4.64. The van der Waals surface area contributed by atoms with Gasteiger partial charge in [-0.15, -0.1) is 0 Å². The van der Waals surface area contributed by atoms with Gasteiger partial charge in [-0.25, -0.2) is 0 Å². The van der Waals surface area contributed by atoms with E-state index in [4.69, 9.17) is 4.74 Å². The Morgan fingerprint density at radius 3 is 2.73 bits per heavy atom. The highest BCUT2D eigenvalue weighted by Gasteiger charge is 2.36. The van der Waals surface area contributed by atoms with Gasteiger partial charge in [0, 0.05) is 5.69 Å². The van der Waals surface area contributed by atoms with E-state index >= 15 is 0 Å². The van der Waals surface area contributed by atoms with Crippen LogP contribution in [0.5, 0.6) is 11.5 Å². The van der Waals surface area contributed by atoms with Crippen molar-refractivity contribution in [3.05, 3.63) is 58.0 Å². The molecule has 30 heavy (non-hydrogen) atoms. The number of nitrogens with zero attached hydrogens (tertiary/aromatic N) is 1. The van der Waals surface area contributed by atoms with E-state index in [9.17, 15) is 19.5 Å². The monoisotopic (exact) mass is 426 g/mol. The summed E-state index contributed by atoms with van der Waals surface area (Å²) in [5.41, 5.74) is 3.20. The number of nitrogens with one attached hydrogen (secondary N) is 1. The Balaban J connectivity index is 1.73. The molecule has 0 unspecified atom stereocenters. The van der Waals surface area contributed by atoms with Gasteiger partial charge in [0.05, 0.1) is 11.5 Å². The van der Waals surface area contributed by atoms with Crippen LogP contribution in [0.4, 0.5) is 10.5 Å². The van der Waals surface area contributed by atoms with Crippen LogP contribution >= 0.6 is 11.8 Å². The fourth-order valence-corrected chi connectivity index (χ4v) is 3.74. The molecule has 0 radical (unpaired) electrons. The molecule has 0 saturated carbocycles. The van der Waals surface area contributed by atoms with Gasteiger partial charge < -0.3 is 15.2 Å². The lowest BCUT2D eigenvalue weighted by molar-refractivity contribution is -0.127. The van der Waals surface area contributed by atoms with Crippen molar-refractivity contribution in [1.82, 2.24) is 4.90 Å². The zero-order valence-electron chi connectivity index (χ0n) is 16.9. The summed E-state index contributed by atoms with van der Waals surface area (Å²) in [5.74, 6) is -0.703. The van der Waals surface area contributed by atoms with Gasteiger partial charge in [0.25, 0.3) is 11.1 Å². The lowest BCUT2D eigenvalue weighted by Crippen LogP contribution is -2.36. The number of phenolic OH excluding ortho intramolecular Hbond substituents is 1. The van der Waals surface area contributed by atoms with Crippen LogP contribution in [0.1, 0.15) is 23.6 Å². The molecule has 1 heterocycles. The van der Waals surface area contributed by atoms with Gasteiger partial charge in [-0.3, -0.25) is 19.3 Å². The number of amides is 3. The molecule has 2 N–H and O–H groups in total.